The summed E-state index contributed by atoms with van der Waals surface area (Å²) in [6.07, 6.45) is 5.30. The summed E-state index contributed by atoms with van der Waals surface area (Å²) < 4.78 is 5.35. The van der Waals surface area contributed by atoms with Gasteiger partial charge in [0, 0.05) is 25.7 Å². The molecule has 1 saturated carbocycles. The maximum atomic E-state index is 6.13. The number of methoxy groups -OCH3 is 1. The first-order valence-corrected chi connectivity index (χ1v) is 8.16. The van der Waals surface area contributed by atoms with Gasteiger partial charge in [0.15, 0.2) is 0 Å². The van der Waals surface area contributed by atoms with Gasteiger partial charge >= 0.3 is 0 Å². The van der Waals surface area contributed by atoms with Crippen molar-refractivity contribution in [3.8, 4) is 0 Å². The van der Waals surface area contributed by atoms with Gasteiger partial charge in [0.2, 0.25) is 0 Å². The van der Waals surface area contributed by atoms with Crippen LogP contribution in [0.1, 0.15) is 49.8 Å². The summed E-state index contributed by atoms with van der Waals surface area (Å²) in [5, 5.41) is 0. The maximum Gasteiger partial charge on any atom is 0.0716 e. The highest BCUT2D eigenvalue weighted by molar-refractivity contribution is 5.30. The van der Waals surface area contributed by atoms with Gasteiger partial charge in [-0.05, 0) is 36.9 Å². The van der Waals surface area contributed by atoms with Crippen LogP contribution in [0, 0.1) is 5.92 Å². The number of hydrogen-bond donors (Lipinski definition) is 1. The van der Waals surface area contributed by atoms with Crippen LogP contribution in [0.5, 0.6) is 0 Å². The van der Waals surface area contributed by atoms with Gasteiger partial charge in [0.25, 0.3) is 0 Å². The highest BCUT2D eigenvalue weighted by atomic mass is 16.5. The van der Waals surface area contributed by atoms with Crippen molar-refractivity contribution in [1.29, 1.82) is 0 Å². The van der Waals surface area contributed by atoms with Gasteiger partial charge in [-0.2, -0.15) is 0 Å². The molecule has 1 aliphatic carbocycles. The lowest BCUT2D eigenvalue weighted by molar-refractivity contribution is 0.118. The Labute approximate surface area is 129 Å². The van der Waals surface area contributed by atoms with Crippen molar-refractivity contribution in [3.63, 3.8) is 0 Å². The molecule has 1 aromatic rings. The summed E-state index contributed by atoms with van der Waals surface area (Å²) in [6, 6.07) is 9.47. The van der Waals surface area contributed by atoms with Crippen molar-refractivity contribution in [2.45, 2.75) is 51.3 Å². The number of nitrogens with zero attached hydrogens (tertiary/aromatic N) is 1. The Kier molecular flexibility index (Phi) is 6.22. The molecule has 2 rings (SSSR count). The zero-order valence-electron chi connectivity index (χ0n) is 13.7. The largest absolute Gasteiger partial charge is 0.380 e. The number of likely N-dealkylation sites (N-methyl/N-ethyl adjacent to an activating group) is 1. The topological polar surface area (TPSA) is 38.5 Å². The van der Waals surface area contributed by atoms with E-state index in [-0.39, 0.29) is 6.04 Å². The monoisotopic (exact) mass is 290 g/mol. The summed E-state index contributed by atoms with van der Waals surface area (Å²) in [6.45, 7) is 3.68. The second-order valence-corrected chi connectivity index (χ2v) is 6.47. The molecule has 0 radical (unpaired) electrons. The zero-order chi connectivity index (χ0) is 15.2. The molecule has 3 unspecified atom stereocenters. The number of rotatable bonds is 6. The van der Waals surface area contributed by atoms with E-state index < -0.39 is 0 Å². The van der Waals surface area contributed by atoms with Crippen LogP contribution in [0.15, 0.2) is 24.3 Å². The van der Waals surface area contributed by atoms with Gasteiger partial charge in [-0.1, -0.05) is 44.0 Å². The summed E-state index contributed by atoms with van der Waals surface area (Å²) in [5.74, 6) is 0.832. The number of ether oxygens (including phenoxy) is 1. The average Bonchev–Trinajstić information content (AvgIpc) is 2.50. The first kappa shape index (κ1) is 16.5. The van der Waals surface area contributed by atoms with E-state index in [2.05, 4.69) is 43.1 Å². The molecule has 0 aromatic heterocycles. The first-order valence-electron chi connectivity index (χ1n) is 8.16. The molecule has 1 fully saturated rings. The van der Waals surface area contributed by atoms with Crippen LogP contribution in [0.3, 0.4) is 0 Å². The van der Waals surface area contributed by atoms with E-state index in [9.17, 15) is 0 Å². The summed E-state index contributed by atoms with van der Waals surface area (Å²) in [7, 11) is 3.99. The Bertz CT molecular complexity index is 435. The van der Waals surface area contributed by atoms with Crippen molar-refractivity contribution in [2.75, 3.05) is 20.7 Å². The number of benzene rings is 1. The average molecular weight is 290 g/mol. The Morgan fingerprint density at radius 3 is 2.76 bits per heavy atom. The molecule has 0 saturated heterocycles. The molecule has 3 atom stereocenters. The van der Waals surface area contributed by atoms with Crippen molar-refractivity contribution < 1.29 is 4.74 Å². The lowest BCUT2D eigenvalue weighted by atomic mass is 9.85. The van der Waals surface area contributed by atoms with Crippen molar-refractivity contribution >= 4 is 0 Å². The van der Waals surface area contributed by atoms with Crippen LogP contribution in [-0.2, 0) is 11.3 Å². The minimum atomic E-state index is 0.284. The SMILES string of the molecule is COCc1ccccc1C(CN)N(C)C1CCCC(C)C1. The standard InChI is InChI=1S/C18H30N2O/c1-14-7-6-9-16(11-14)20(2)18(12-19)17-10-5-4-8-15(17)13-21-3/h4-5,8,10,14,16,18H,6-7,9,11-13,19H2,1-3H3. The first-order chi connectivity index (χ1) is 10.2. The molecule has 21 heavy (non-hydrogen) atoms. The van der Waals surface area contributed by atoms with E-state index in [4.69, 9.17) is 10.5 Å². The van der Waals surface area contributed by atoms with E-state index >= 15 is 0 Å². The summed E-state index contributed by atoms with van der Waals surface area (Å²) >= 11 is 0. The highest BCUT2D eigenvalue weighted by Crippen LogP contribution is 2.32. The molecule has 0 amide bonds. The third kappa shape index (κ3) is 4.06. The minimum absolute atomic E-state index is 0.284. The van der Waals surface area contributed by atoms with Crippen LogP contribution in [0.4, 0.5) is 0 Å². The third-order valence-electron chi connectivity index (χ3n) is 4.91. The van der Waals surface area contributed by atoms with Crippen LogP contribution >= 0.6 is 0 Å². The predicted molar refractivity (Wildman–Crippen MR) is 88.1 cm³/mol. The Morgan fingerprint density at radius 1 is 1.33 bits per heavy atom. The van der Waals surface area contributed by atoms with Crippen molar-refractivity contribution in [1.82, 2.24) is 4.90 Å². The van der Waals surface area contributed by atoms with Crippen molar-refractivity contribution in [3.05, 3.63) is 35.4 Å². The van der Waals surface area contributed by atoms with E-state index in [1.807, 2.05) is 0 Å². The van der Waals surface area contributed by atoms with Gasteiger partial charge in [-0.15, -0.1) is 0 Å². The molecule has 3 heteroatoms. The van der Waals surface area contributed by atoms with Gasteiger partial charge in [0.1, 0.15) is 0 Å². The Morgan fingerprint density at radius 2 is 2.10 bits per heavy atom. The Hall–Kier alpha value is -0.900. The van der Waals surface area contributed by atoms with Gasteiger partial charge in [-0.25, -0.2) is 0 Å². The third-order valence-corrected chi connectivity index (χ3v) is 4.91. The molecule has 0 spiro atoms. The Balaban J connectivity index is 2.18. The van der Waals surface area contributed by atoms with E-state index in [0.717, 1.165) is 5.92 Å². The predicted octanol–water partition coefficient (Wildman–Crippen LogP) is 3.34. The second-order valence-electron chi connectivity index (χ2n) is 6.47. The fourth-order valence-electron chi connectivity index (χ4n) is 3.69. The molecule has 0 aliphatic heterocycles. The van der Waals surface area contributed by atoms with Gasteiger partial charge < -0.3 is 10.5 Å². The van der Waals surface area contributed by atoms with Crippen LogP contribution < -0.4 is 5.73 Å². The molecule has 0 heterocycles. The smallest absolute Gasteiger partial charge is 0.0716 e. The quantitative estimate of drug-likeness (QED) is 0.873. The lowest BCUT2D eigenvalue weighted by Crippen LogP contribution is -2.41. The highest BCUT2D eigenvalue weighted by Gasteiger charge is 2.28. The van der Waals surface area contributed by atoms with Gasteiger partial charge in [-0.3, -0.25) is 4.90 Å². The van der Waals surface area contributed by atoms with Crippen molar-refractivity contribution in [2.24, 2.45) is 11.7 Å². The normalized spacial score (nSPS) is 24.2. The van der Waals surface area contributed by atoms with Gasteiger partial charge in [0.05, 0.1) is 6.61 Å². The minimum Gasteiger partial charge on any atom is -0.380 e. The summed E-state index contributed by atoms with van der Waals surface area (Å²) in [5.41, 5.74) is 8.71. The molecule has 2 N–H and O–H groups in total. The van der Waals surface area contributed by atoms with E-state index in [1.54, 1.807) is 7.11 Å². The molecule has 1 aromatic carbocycles. The second kappa shape index (κ2) is 7.92. The molecule has 118 valence electrons. The molecule has 1 aliphatic rings. The molecular weight excluding hydrogens is 260 g/mol. The number of nitrogens with two attached hydrogens (primary N) is 1. The van der Waals surface area contributed by atoms with Crippen LogP contribution in [-0.4, -0.2) is 31.6 Å². The zero-order valence-corrected chi connectivity index (χ0v) is 13.7. The fraction of sp³-hybridized carbons (Fsp3) is 0.667. The fourth-order valence-corrected chi connectivity index (χ4v) is 3.69. The van der Waals surface area contributed by atoms with Crippen LogP contribution in [0.2, 0.25) is 0 Å². The lowest BCUT2D eigenvalue weighted by Gasteiger charge is -2.39. The van der Waals surface area contributed by atoms with Crippen LogP contribution in [0.25, 0.3) is 0 Å². The maximum absolute atomic E-state index is 6.13. The number of hydrogen-bond acceptors (Lipinski definition) is 3. The molecule has 0 bridgehead atoms. The summed E-state index contributed by atoms with van der Waals surface area (Å²) in [4.78, 5) is 2.50. The molecular formula is C18H30N2O. The molecule has 3 nitrogen and oxygen atoms in total. The van der Waals surface area contributed by atoms with E-state index in [0.29, 0.717) is 19.2 Å². The van der Waals surface area contributed by atoms with E-state index in [1.165, 1.54) is 36.8 Å².